The summed E-state index contributed by atoms with van der Waals surface area (Å²) in [6.07, 6.45) is 2.49. The molecule has 0 radical (unpaired) electrons. The summed E-state index contributed by atoms with van der Waals surface area (Å²) < 4.78 is 4.53. The average Bonchev–Trinajstić information content (AvgIpc) is 2.82. The molecule has 1 N–H and O–H groups in total. The lowest BCUT2D eigenvalue weighted by Crippen LogP contribution is -2.23. The molecule has 0 aliphatic heterocycles. The van der Waals surface area contributed by atoms with Crippen molar-refractivity contribution in [1.29, 1.82) is 0 Å². The Morgan fingerprint density at radius 1 is 1.41 bits per heavy atom. The first kappa shape index (κ1) is 11.8. The van der Waals surface area contributed by atoms with Crippen molar-refractivity contribution in [2.45, 2.75) is 6.54 Å². The highest BCUT2D eigenvalue weighted by Gasteiger charge is 2.12. The second-order valence-corrected chi connectivity index (χ2v) is 3.81. The van der Waals surface area contributed by atoms with E-state index in [1.807, 2.05) is 0 Å². The van der Waals surface area contributed by atoms with Crippen LogP contribution in [-0.4, -0.2) is 21.0 Å². The molecule has 6 nitrogen and oxygen atoms in total. The van der Waals surface area contributed by atoms with Gasteiger partial charge in [-0.05, 0) is 6.07 Å². The van der Waals surface area contributed by atoms with E-state index in [2.05, 4.69) is 25.0 Å². The standard InChI is InChI=1S/C9H6Cl2N4O2/c10-6-2-12-7(11)1-5(6)9(16)13-3-8-14-4-17-15-8/h1-2,4H,3H2,(H,13,16). The normalized spacial score (nSPS) is 10.2. The molecule has 2 heterocycles. The van der Waals surface area contributed by atoms with Crippen molar-refractivity contribution in [2.24, 2.45) is 0 Å². The van der Waals surface area contributed by atoms with Crippen LogP contribution in [0.25, 0.3) is 0 Å². The number of hydrogen-bond donors (Lipinski definition) is 1. The molecule has 0 saturated carbocycles. The number of carbonyl (C=O) groups excluding carboxylic acids is 1. The number of aromatic nitrogens is 3. The number of rotatable bonds is 3. The summed E-state index contributed by atoms with van der Waals surface area (Å²) in [5.74, 6) is -0.0151. The lowest BCUT2D eigenvalue weighted by molar-refractivity contribution is 0.0949. The number of halogens is 2. The SMILES string of the molecule is O=C(NCc1ncon1)c1cc(Cl)ncc1Cl. The van der Waals surface area contributed by atoms with Gasteiger partial charge in [0.05, 0.1) is 17.1 Å². The molecule has 2 rings (SSSR count). The van der Waals surface area contributed by atoms with Gasteiger partial charge in [-0.1, -0.05) is 28.4 Å². The van der Waals surface area contributed by atoms with Crippen molar-refractivity contribution in [3.63, 3.8) is 0 Å². The van der Waals surface area contributed by atoms with Crippen molar-refractivity contribution in [2.75, 3.05) is 0 Å². The van der Waals surface area contributed by atoms with Gasteiger partial charge in [0, 0.05) is 6.20 Å². The van der Waals surface area contributed by atoms with Gasteiger partial charge in [-0.15, -0.1) is 0 Å². The van der Waals surface area contributed by atoms with Gasteiger partial charge >= 0.3 is 0 Å². The second-order valence-electron chi connectivity index (χ2n) is 3.02. The van der Waals surface area contributed by atoms with Gasteiger partial charge in [-0.25, -0.2) is 4.98 Å². The second kappa shape index (κ2) is 5.11. The Labute approximate surface area is 106 Å². The molecule has 17 heavy (non-hydrogen) atoms. The summed E-state index contributed by atoms with van der Waals surface area (Å²) in [7, 11) is 0. The van der Waals surface area contributed by atoms with Gasteiger partial charge in [0.25, 0.3) is 5.91 Å². The number of pyridine rings is 1. The monoisotopic (exact) mass is 272 g/mol. The Morgan fingerprint density at radius 2 is 2.24 bits per heavy atom. The molecule has 0 aliphatic carbocycles. The first-order valence-corrected chi connectivity index (χ1v) is 5.27. The molecule has 0 atom stereocenters. The quantitative estimate of drug-likeness (QED) is 0.861. The summed E-state index contributed by atoms with van der Waals surface area (Å²) in [5.41, 5.74) is 0.246. The van der Waals surface area contributed by atoms with E-state index in [-0.39, 0.29) is 28.2 Å². The molecular formula is C9H6Cl2N4O2. The summed E-state index contributed by atoms with van der Waals surface area (Å²) in [6.45, 7) is 0.144. The largest absolute Gasteiger partial charge is 0.345 e. The van der Waals surface area contributed by atoms with Crippen LogP contribution in [0.4, 0.5) is 0 Å². The molecule has 0 unspecified atom stereocenters. The predicted molar refractivity (Wildman–Crippen MR) is 59.7 cm³/mol. The molecule has 2 aromatic heterocycles. The number of amides is 1. The Kier molecular flexibility index (Phi) is 3.55. The number of nitrogens with zero attached hydrogens (tertiary/aromatic N) is 3. The van der Waals surface area contributed by atoms with Crippen molar-refractivity contribution in [3.8, 4) is 0 Å². The molecule has 0 aromatic carbocycles. The van der Waals surface area contributed by atoms with Crippen LogP contribution < -0.4 is 5.32 Å². The third-order valence-electron chi connectivity index (χ3n) is 1.88. The molecule has 0 saturated heterocycles. The van der Waals surface area contributed by atoms with Crippen LogP contribution in [0, 0.1) is 0 Å². The van der Waals surface area contributed by atoms with E-state index >= 15 is 0 Å². The highest BCUT2D eigenvalue weighted by atomic mass is 35.5. The van der Waals surface area contributed by atoms with E-state index in [0.717, 1.165) is 0 Å². The zero-order valence-corrected chi connectivity index (χ0v) is 9.87. The third-order valence-corrected chi connectivity index (χ3v) is 2.39. The van der Waals surface area contributed by atoms with Crippen LogP contribution in [0.3, 0.4) is 0 Å². The summed E-state index contributed by atoms with van der Waals surface area (Å²) >= 11 is 11.5. The van der Waals surface area contributed by atoms with Crippen LogP contribution in [0.15, 0.2) is 23.2 Å². The van der Waals surface area contributed by atoms with E-state index < -0.39 is 0 Å². The van der Waals surface area contributed by atoms with Gasteiger partial charge in [-0.3, -0.25) is 4.79 Å². The fourth-order valence-electron chi connectivity index (χ4n) is 1.11. The highest BCUT2D eigenvalue weighted by Crippen LogP contribution is 2.17. The minimum Gasteiger partial charge on any atom is -0.345 e. The van der Waals surface area contributed by atoms with Crippen molar-refractivity contribution in [1.82, 2.24) is 20.4 Å². The molecule has 0 fully saturated rings. The molecule has 2 aromatic rings. The zero-order chi connectivity index (χ0) is 12.3. The fraction of sp³-hybridized carbons (Fsp3) is 0.111. The molecule has 0 aliphatic rings. The lowest BCUT2D eigenvalue weighted by atomic mass is 10.2. The Morgan fingerprint density at radius 3 is 2.94 bits per heavy atom. The maximum absolute atomic E-state index is 11.7. The molecule has 0 bridgehead atoms. The number of carbonyl (C=O) groups is 1. The van der Waals surface area contributed by atoms with E-state index in [9.17, 15) is 4.79 Å². The van der Waals surface area contributed by atoms with E-state index in [0.29, 0.717) is 5.82 Å². The summed E-state index contributed by atoms with van der Waals surface area (Å²) in [4.78, 5) is 19.2. The van der Waals surface area contributed by atoms with Gasteiger partial charge in [-0.2, -0.15) is 4.98 Å². The smallest absolute Gasteiger partial charge is 0.253 e. The Hall–Kier alpha value is -1.66. The Bertz CT molecular complexity index is 530. The summed E-state index contributed by atoms with van der Waals surface area (Å²) in [6, 6.07) is 1.38. The third kappa shape index (κ3) is 2.92. The van der Waals surface area contributed by atoms with Crippen LogP contribution in [0.1, 0.15) is 16.2 Å². The highest BCUT2D eigenvalue weighted by molar-refractivity contribution is 6.35. The van der Waals surface area contributed by atoms with Gasteiger partial charge in [0.1, 0.15) is 5.15 Å². The summed E-state index contributed by atoms with van der Waals surface area (Å²) in [5, 5.41) is 6.54. The number of hydrogen-bond acceptors (Lipinski definition) is 5. The topological polar surface area (TPSA) is 80.9 Å². The number of nitrogens with one attached hydrogen (secondary N) is 1. The minimum atomic E-state index is -0.385. The molecular weight excluding hydrogens is 267 g/mol. The maximum Gasteiger partial charge on any atom is 0.253 e. The van der Waals surface area contributed by atoms with Crippen LogP contribution >= 0.6 is 23.2 Å². The van der Waals surface area contributed by atoms with Crippen molar-refractivity contribution in [3.05, 3.63) is 40.2 Å². The maximum atomic E-state index is 11.7. The average molecular weight is 273 g/mol. The lowest BCUT2D eigenvalue weighted by Gasteiger charge is -2.04. The predicted octanol–water partition coefficient (Wildman–Crippen LogP) is 1.70. The zero-order valence-electron chi connectivity index (χ0n) is 8.35. The molecule has 8 heteroatoms. The minimum absolute atomic E-state index is 0.144. The molecule has 1 amide bonds. The van der Waals surface area contributed by atoms with Crippen molar-refractivity contribution < 1.29 is 9.32 Å². The van der Waals surface area contributed by atoms with Crippen molar-refractivity contribution >= 4 is 29.1 Å². The van der Waals surface area contributed by atoms with Crippen LogP contribution in [-0.2, 0) is 6.54 Å². The molecule has 0 spiro atoms. The van der Waals surface area contributed by atoms with Gasteiger partial charge in [0.15, 0.2) is 5.82 Å². The van der Waals surface area contributed by atoms with E-state index in [1.165, 1.54) is 18.7 Å². The van der Waals surface area contributed by atoms with Gasteiger partial charge in [0.2, 0.25) is 6.39 Å². The van der Waals surface area contributed by atoms with Crippen LogP contribution in [0.5, 0.6) is 0 Å². The van der Waals surface area contributed by atoms with Gasteiger partial charge < -0.3 is 9.84 Å². The first-order chi connectivity index (χ1) is 8.16. The van der Waals surface area contributed by atoms with E-state index in [4.69, 9.17) is 23.2 Å². The molecule has 88 valence electrons. The van der Waals surface area contributed by atoms with E-state index in [1.54, 1.807) is 0 Å². The fourth-order valence-corrected chi connectivity index (χ4v) is 1.46. The first-order valence-electron chi connectivity index (χ1n) is 4.51. The van der Waals surface area contributed by atoms with Crippen LogP contribution in [0.2, 0.25) is 10.2 Å². The Balaban J connectivity index is 2.07.